The summed E-state index contributed by atoms with van der Waals surface area (Å²) >= 11 is 0. The first-order valence-corrected chi connectivity index (χ1v) is 7.00. The topological polar surface area (TPSA) is 32.3 Å². The van der Waals surface area contributed by atoms with E-state index in [1.165, 1.54) is 5.56 Å². The molecule has 0 N–H and O–H groups in total. The molecule has 1 aromatic rings. The molecule has 2 heterocycles. The first-order valence-electron chi connectivity index (χ1n) is 7.00. The second-order valence-electron chi connectivity index (χ2n) is 5.26. The molecule has 1 fully saturated rings. The Labute approximate surface area is 110 Å². The van der Waals surface area contributed by atoms with Gasteiger partial charge in [-0.1, -0.05) is 13.3 Å². The maximum Gasteiger partial charge on any atom is 0.225 e. The number of nitrogens with zero attached hydrogens (tertiary/aromatic N) is 4. The SMILES string of the molecule is CCCc1cnc(N2CCN(C(C)C)CC2)nc1. The van der Waals surface area contributed by atoms with E-state index in [0.29, 0.717) is 6.04 Å². The Balaban J connectivity index is 1.93. The molecule has 0 atom stereocenters. The van der Waals surface area contributed by atoms with Gasteiger partial charge in [-0.2, -0.15) is 0 Å². The first-order chi connectivity index (χ1) is 8.70. The molecule has 0 aliphatic carbocycles. The van der Waals surface area contributed by atoms with Gasteiger partial charge in [-0.15, -0.1) is 0 Å². The third-order valence-electron chi connectivity index (χ3n) is 3.56. The zero-order valence-electron chi connectivity index (χ0n) is 11.8. The molecule has 1 aliphatic heterocycles. The minimum atomic E-state index is 0.639. The molecule has 18 heavy (non-hydrogen) atoms. The molecule has 4 heteroatoms. The lowest BCUT2D eigenvalue weighted by atomic mass is 10.2. The van der Waals surface area contributed by atoms with Crippen LogP contribution in [0.4, 0.5) is 5.95 Å². The Morgan fingerprint density at radius 1 is 1.11 bits per heavy atom. The van der Waals surface area contributed by atoms with E-state index in [1.807, 2.05) is 12.4 Å². The first kappa shape index (κ1) is 13.3. The van der Waals surface area contributed by atoms with Crippen LogP contribution < -0.4 is 4.90 Å². The van der Waals surface area contributed by atoms with Crippen LogP contribution in [-0.2, 0) is 6.42 Å². The quantitative estimate of drug-likeness (QED) is 0.815. The number of rotatable bonds is 4. The van der Waals surface area contributed by atoms with Crippen molar-refractivity contribution in [2.24, 2.45) is 0 Å². The molecule has 1 aromatic heterocycles. The average molecular weight is 248 g/mol. The molecule has 0 spiro atoms. The molecule has 0 aromatic carbocycles. The van der Waals surface area contributed by atoms with E-state index >= 15 is 0 Å². The Morgan fingerprint density at radius 2 is 1.72 bits per heavy atom. The molecular formula is C14H24N4. The lowest BCUT2D eigenvalue weighted by Crippen LogP contribution is -2.49. The van der Waals surface area contributed by atoms with Crippen LogP contribution in [0.5, 0.6) is 0 Å². The van der Waals surface area contributed by atoms with E-state index < -0.39 is 0 Å². The fraction of sp³-hybridized carbons (Fsp3) is 0.714. The molecule has 2 rings (SSSR count). The number of hydrogen-bond donors (Lipinski definition) is 0. The fourth-order valence-electron chi connectivity index (χ4n) is 2.37. The summed E-state index contributed by atoms with van der Waals surface area (Å²) < 4.78 is 0. The number of piperazine rings is 1. The fourth-order valence-corrected chi connectivity index (χ4v) is 2.37. The zero-order chi connectivity index (χ0) is 13.0. The Hall–Kier alpha value is -1.16. The normalized spacial score (nSPS) is 17.4. The summed E-state index contributed by atoms with van der Waals surface area (Å²) in [4.78, 5) is 13.8. The molecular weight excluding hydrogens is 224 g/mol. The third kappa shape index (κ3) is 3.19. The highest BCUT2D eigenvalue weighted by Crippen LogP contribution is 2.12. The highest BCUT2D eigenvalue weighted by molar-refractivity contribution is 5.30. The second kappa shape index (κ2) is 6.14. The number of hydrogen-bond acceptors (Lipinski definition) is 4. The number of aromatic nitrogens is 2. The van der Waals surface area contributed by atoms with E-state index in [0.717, 1.165) is 45.0 Å². The molecule has 4 nitrogen and oxygen atoms in total. The van der Waals surface area contributed by atoms with E-state index in [-0.39, 0.29) is 0 Å². The number of anilines is 1. The van der Waals surface area contributed by atoms with Crippen LogP contribution in [0.2, 0.25) is 0 Å². The lowest BCUT2D eigenvalue weighted by Gasteiger charge is -2.36. The van der Waals surface area contributed by atoms with Gasteiger partial charge in [0.2, 0.25) is 5.95 Å². The van der Waals surface area contributed by atoms with Gasteiger partial charge in [0, 0.05) is 44.6 Å². The van der Waals surface area contributed by atoms with Crippen LogP contribution in [0, 0.1) is 0 Å². The number of aryl methyl sites for hydroxylation is 1. The van der Waals surface area contributed by atoms with Crippen molar-refractivity contribution in [3.63, 3.8) is 0 Å². The van der Waals surface area contributed by atoms with Gasteiger partial charge in [0.1, 0.15) is 0 Å². The Kier molecular flexibility index (Phi) is 4.53. The van der Waals surface area contributed by atoms with E-state index in [4.69, 9.17) is 0 Å². The van der Waals surface area contributed by atoms with Crippen molar-refractivity contribution in [2.75, 3.05) is 31.1 Å². The molecule has 1 aliphatic rings. The van der Waals surface area contributed by atoms with Crippen LogP contribution in [0.25, 0.3) is 0 Å². The van der Waals surface area contributed by atoms with Crippen molar-refractivity contribution >= 4 is 5.95 Å². The van der Waals surface area contributed by atoms with Crippen molar-refractivity contribution in [1.82, 2.24) is 14.9 Å². The Morgan fingerprint density at radius 3 is 2.22 bits per heavy atom. The summed E-state index contributed by atoms with van der Waals surface area (Å²) in [5, 5.41) is 0. The van der Waals surface area contributed by atoms with Gasteiger partial charge in [0.15, 0.2) is 0 Å². The minimum absolute atomic E-state index is 0.639. The summed E-state index contributed by atoms with van der Waals surface area (Å²) in [6.45, 7) is 11.0. The van der Waals surface area contributed by atoms with Crippen molar-refractivity contribution < 1.29 is 0 Å². The summed E-state index contributed by atoms with van der Waals surface area (Å²) in [6.07, 6.45) is 6.17. The standard InChI is InChI=1S/C14H24N4/c1-4-5-13-10-15-14(16-11-13)18-8-6-17(7-9-18)12(2)3/h10-12H,4-9H2,1-3H3. The van der Waals surface area contributed by atoms with Gasteiger partial charge in [0.25, 0.3) is 0 Å². The second-order valence-corrected chi connectivity index (χ2v) is 5.26. The molecule has 0 bridgehead atoms. The predicted octanol–water partition coefficient (Wildman–Crippen LogP) is 1.96. The molecule has 0 saturated carbocycles. The van der Waals surface area contributed by atoms with Crippen LogP contribution in [0.1, 0.15) is 32.8 Å². The van der Waals surface area contributed by atoms with E-state index in [2.05, 4.69) is 40.5 Å². The Bertz CT molecular complexity index is 353. The van der Waals surface area contributed by atoms with E-state index in [1.54, 1.807) is 0 Å². The van der Waals surface area contributed by atoms with Crippen LogP contribution >= 0.6 is 0 Å². The van der Waals surface area contributed by atoms with Crippen molar-refractivity contribution in [1.29, 1.82) is 0 Å². The third-order valence-corrected chi connectivity index (χ3v) is 3.56. The largest absolute Gasteiger partial charge is 0.338 e. The molecule has 0 unspecified atom stereocenters. The lowest BCUT2D eigenvalue weighted by molar-refractivity contribution is 0.208. The van der Waals surface area contributed by atoms with Crippen LogP contribution in [0.15, 0.2) is 12.4 Å². The van der Waals surface area contributed by atoms with Gasteiger partial charge in [-0.25, -0.2) is 9.97 Å². The van der Waals surface area contributed by atoms with Gasteiger partial charge in [0.05, 0.1) is 0 Å². The van der Waals surface area contributed by atoms with Crippen molar-refractivity contribution in [3.8, 4) is 0 Å². The smallest absolute Gasteiger partial charge is 0.225 e. The van der Waals surface area contributed by atoms with Gasteiger partial charge < -0.3 is 4.90 Å². The zero-order valence-corrected chi connectivity index (χ0v) is 11.8. The predicted molar refractivity (Wildman–Crippen MR) is 74.9 cm³/mol. The van der Waals surface area contributed by atoms with Gasteiger partial charge in [-0.3, -0.25) is 4.90 Å². The summed E-state index contributed by atoms with van der Waals surface area (Å²) in [7, 11) is 0. The maximum atomic E-state index is 4.49. The molecule has 0 amide bonds. The van der Waals surface area contributed by atoms with Crippen molar-refractivity contribution in [2.45, 2.75) is 39.7 Å². The van der Waals surface area contributed by atoms with Crippen LogP contribution in [0.3, 0.4) is 0 Å². The van der Waals surface area contributed by atoms with Gasteiger partial charge >= 0.3 is 0 Å². The summed E-state index contributed by atoms with van der Waals surface area (Å²) in [5.41, 5.74) is 1.24. The average Bonchev–Trinajstić information content (AvgIpc) is 2.40. The molecule has 0 radical (unpaired) electrons. The highest BCUT2D eigenvalue weighted by atomic mass is 15.3. The van der Waals surface area contributed by atoms with Gasteiger partial charge in [-0.05, 0) is 25.8 Å². The highest BCUT2D eigenvalue weighted by Gasteiger charge is 2.20. The van der Waals surface area contributed by atoms with Crippen molar-refractivity contribution in [3.05, 3.63) is 18.0 Å². The summed E-state index contributed by atoms with van der Waals surface area (Å²) in [6, 6.07) is 0.639. The van der Waals surface area contributed by atoms with E-state index in [9.17, 15) is 0 Å². The van der Waals surface area contributed by atoms with Crippen LogP contribution in [-0.4, -0.2) is 47.1 Å². The molecule has 100 valence electrons. The summed E-state index contributed by atoms with van der Waals surface area (Å²) in [5.74, 6) is 0.887. The molecule has 1 saturated heterocycles. The minimum Gasteiger partial charge on any atom is -0.338 e. The maximum absolute atomic E-state index is 4.49. The monoisotopic (exact) mass is 248 g/mol.